The molecule has 88 valence electrons. The molecule has 3 heteroatoms. The fourth-order valence-electron chi connectivity index (χ4n) is 1.74. The third-order valence-electron chi connectivity index (χ3n) is 2.76. The van der Waals surface area contributed by atoms with Gasteiger partial charge in [0.05, 0.1) is 0 Å². The Morgan fingerprint density at radius 2 is 1.94 bits per heavy atom. The number of halogens is 1. The molecule has 0 aliphatic carbocycles. The number of nitrogens with zero attached hydrogens (tertiary/aromatic N) is 1. The average molecular weight is 247 g/mol. The van der Waals surface area contributed by atoms with Crippen LogP contribution in [0.4, 0.5) is 0 Å². The van der Waals surface area contributed by atoms with Crippen molar-refractivity contribution in [2.45, 2.75) is 18.9 Å². The number of aromatic nitrogens is 1. The molecule has 1 atom stereocenters. The van der Waals surface area contributed by atoms with Gasteiger partial charge in [-0.3, -0.25) is 4.98 Å². The Morgan fingerprint density at radius 3 is 2.59 bits per heavy atom. The molecule has 1 aromatic carbocycles. The van der Waals surface area contributed by atoms with Gasteiger partial charge in [0.15, 0.2) is 0 Å². The molecule has 0 aliphatic heterocycles. The normalized spacial score (nSPS) is 12.4. The van der Waals surface area contributed by atoms with Crippen LogP contribution in [-0.2, 0) is 6.42 Å². The van der Waals surface area contributed by atoms with Gasteiger partial charge in [-0.1, -0.05) is 29.8 Å². The summed E-state index contributed by atoms with van der Waals surface area (Å²) in [5.41, 5.74) is 8.47. The maximum absolute atomic E-state index is 6.13. The Balaban J connectivity index is 1.93. The Hall–Kier alpha value is -1.38. The lowest BCUT2D eigenvalue weighted by atomic mass is 10.0. The second-order valence-corrected chi connectivity index (χ2v) is 4.49. The van der Waals surface area contributed by atoms with Crippen LogP contribution in [-0.4, -0.2) is 4.98 Å². The highest BCUT2D eigenvalue weighted by Gasteiger charge is 2.06. The van der Waals surface area contributed by atoms with Gasteiger partial charge in [0.1, 0.15) is 0 Å². The topological polar surface area (TPSA) is 38.9 Å². The van der Waals surface area contributed by atoms with Crippen molar-refractivity contribution in [1.29, 1.82) is 0 Å². The molecule has 1 heterocycles. The van der Waals surface area contributed by atoms with Gasteiger partial charge in [-0.05, 0) is 42.2 Å². The Kier molecular flexibility index (Phi) is 4.13. The van der Waals surface area contributed by atoms with Crippen molar-refractivity contribution >= 4 is 11.6 Å². The van der Waals surface area contributed by atoms with Crippen molar-refractivity contribution in [3.63, 3.8) is 0 Å². The van der Waals surface area contributed by atoms with Gasteiger partial charge in [-0.2, -0.15) is 0 Å². The quantitative estimate of drug-likeness (QED) is 0.898. The number of nitrogens with two attached hydrogens (primary N) is 1. The van der Waals surface area contributed by atoms with Crippen LogP contribution in [0.1, 0.15) is 23.6 Å². The molecule has 2 rings (SSSR count). The summed E-state index contributed by atoms with van der Waals surface area (Å²) >= 11 is 5.84. The van der Waals surface area contributed by atoms with Gasteiger partial charge >= 0.3 is 0 Å². The van der Waals surface area contributed by atoms with E-state index in [0.717, 1.165) is 23.4 Å². The second kappa shape index (κ2) is 5.80. The molecule has 0 aliphatic rings. The average Bonchev–Trinajstić information content (AvgIpc) is 2.38. The highest BCUT2D eigenvalue weighted by Crippen LogP contribution is 2.18. The summed E-state index contributed by atoms with van der Waals surface area (Å²) in [6, 6.07) is 11.8. The predicted octanol–water partition coefficient (Wildman–Crippen LogP) is 3.37. The van der Waals surface area contributed by atoms with Gasteiger partial charge in [0.25, 0.3) is 0 Å². The smallest absolute Gasteiger partial charge is 0.0406 e. The maximum Gasteiger partial charge on any atom is 0.0406 e. The van der Waals surface area contributed by atoms with Crippen LogP contribution in [0.25, 0.3) is 0 Å². The monoisotopic (exact) mass is 246 g/mol. The van der Waals surface area contributed by atoms with Crippen LogP contribution in [0, 0.1) is 0 Å². The molecule has 0 fully saturated rings. The lowest BCUT2D eigenvalue weighted by Crippen LogP contribution is -2.11. The molecule has 0 spiro atoms. The minimum Gasteiger partial charge on any atom is -0.324 e. The molecule has 1 aromatic heterocycles. The van der Waals surface area contributed by atoms with E-state index in [2.05, 4.69) is 11.1 Å². The molecule has 0 radical (unpaired) electrons. The van der Waals surface area contributed by atoms with Gasteiger partial charge in [-0.15, -0.1) is 0 Å². The van der Waals surface area contributed by atoms with Crippen molar-refractivity contribution in [1.82, 2.24) is 4.98 Å². The summed E-state index contributed by atoms with van der Waals surface area (Å²) in [6.45, 7) is 0. The third kappa shape index (κ3) is 3.55. The van der Waals surface area contributed by atoms with Crippen LogP contribution in [0.3, 0.4) is 0 Å². The molecular weight excluding hydrogens is 232 g/mol. The highest BCUT2D eigenvalue weighted by molar-refractivity contribution is 6.30. The molecule has 0 saturated carbocycles. The first-order valence-electron chi connectivity index (χ1n) is 5.65. The predicted molar refractivity (Wildman–Crippen MR) is 70.9 cm³/mol. The zero-order valence-electron chi connectivity index (χ0n) is 9.51. The van der Waals surface area contributed by atoms with Gasteiger partial charge < -0.3 is 5.73 Å². The van der Waals surface area contributed by atoms with Gasteiger partial charge in [0, 0.05) is 23.5 Å². The first-order chi connectivity index (χ1) is 8.25. The van der Waals surface area contributed by atoms with Crippen molar-refractivity contribution in [2.75, 3.05) is 0 Å². The highest BCUT2D eigenvalue weighted by atomic mass is 35.5. The van der Waals surface area contributed by atoms with Crippen LogP contribution >= 0.6 is 11.6 Å². The molecule has 2 nitrogen and oxygen atoms in total. The number of benzene rings is 1. The van der Waals surface area contributed by atoms with Gasteiger partial charge in [-0.25, -0.2) is 0 Å². The molecule has 2 N–H and O–H groups in total. The zero-order valence-corrected chi connectivity index (χ0v) is 10.3. The first-order valence-corrected chi connectivity index (χ1v) is 6.03. The lowest BCUT2D eigenvalue weighted by molar-refractivity contribution is 0.650. The largest absolute Gasteiger partial charge is 0.324 e. The van der Waals surface area contributed by atoms with Crippen molar-refractivity contribution < 1.29 is 0 Å². The van der Waals surface area contributed by atoms with E-state index in [4.69, 9.17) is 17.3 Å². The van der Waals surface area contributed by atoms with E-state index in [-0.39, 0.29) is 6.04 Å². The first kappa shape index (κ1) is 12.1. The van der Waals surface area contributed by atoms with E-state index < -0.39 is 0 Å². The summed E-state index contributed by atoms with van der Waals surface area (Å²) < 4.78 is 0. The SMILES string of the molecule is NC(CCc1cccnc1)c1ccc(Cl)cc1. The number of rotatable bonds is 4. The zero-order chi connectivity index (χ0) is 12.1. The number of aryl methyl sites for hydroxylation is 1. The fourth-order valence-corrected chi connectivity index (χ4v) is 1.87. The van der Waals surface area contributed by atoms with Crippen molar-refractivity contribution in [2.24, 2.45) is 5.73 Å². The van der Waals surface area contributed by atoms with Crippen molar-refractivity contribution in [3.05, 3.63) is 64.9 Å². The van der Waals surface area contributed by atoms with E-state index in [1.165, 1.54) is 5.56 Å². The standard InChI is InChI=1S/C14H15ClN2/c15-13-6-4-12(5-7-13)14(16)8-3-11-2-1-9-17-10-11/h1-2,4-7,9-10,14H,3,8,16H2. The van der Waals surface area contributed by atoms with E-state index in [0.29, 0.717) is 0 Å². The van der Waals surface area contributed by atoms with Crippen LogP contribution < -0.4 is 5.73 Å². The lowest BCUT2D eigenvalue weighted by Gasteiger charge is -2.11. The Bertz CT molecular complexity index is 453. The fraction of sp³-hybridized carbons (Fsp3) is 0.214. The van der Waals surface area contributed by atoms with E-state index in [9.17, 15) is 0 Å². The molecule has 17 heavy (non-hydrogen) atoms. The number of hydrogen-bond donors (Lipinski definition) is 1. The van der Waals surface area contributed by atoms with E-state index in [1.807, 2.05) is 36.5 Å². The Labute approximate surface area is 106 Å². The van der Waals surface area contributed by atoms with Crippen LogP contribution in [0.5, 0.6) is 0 Å². The van der Waals surface area contributed by atoms with Crippen molar-refractivity contribution in [3.8, 4) is 0 Å². The molecule has 0 amide bonds. The van der Waals surface area contributed by atoms with Crippen LogP contribution in [0.15, 0.2) is 48.8 Å². The molecule has 1 unspecified atom stereocenters. The van der Waals surface area contributed by atoms with E-state index in [1.54, 1.807) is 6.20 Å². The minimum atomic E-state index is 0.0486. The summed E-state index contributed by atoms with van der Waals surface area (Å²) in [6.07, 6.45) is 5.52. The summed E-state index contributed by atoms with van der Waals surface area (Å²) in [7, 11) is 0. The third-order valence-corrected chi connectivity index (χ3v) is 3.02. The van der Waals surface area contributed by atoms with Gasteiger partial charge in [0.2, 0.25) is 0 Å². The molecule has 2 aromatic rings. The summed E-state index contributed by atoms with van der Waals surface area (Å²) in [5.74, 6) is 0. The Morgan fingerprint density at radius 1 is 1.18 bits per heavy atom. The van der Waals surface area contributed by atoms with E-state index >= 15 is 0 Å². The summed E-state index contributed by atoms with van der Waals surface area (Å²) in [4.78, 5) is 4.09. The molecule has 0 saturated heterocycles. The number of pyridine rings is 1. The second-order valence-electron chi connectivity index (χ2n) is 4.06. The van der Waals surface area contributed by atoms with Crippen LogP contribution in [0.2, 0.25) is 5.02 Å². The minimum absolute atomic E-state index is 0.0486. The maximum atomic E-state index is 6.13. The number of hydrogen-bond acceptors (Lipinski definition) is 2. The molecule has 0 bridgehead atoms. The molecular formula is C14H15ClN2. The summed E-state index contributed by atoms with van der Waals surface area (Å²) in [5, 5.41) is 0.744.